The Morgan fingerprint density at radius 1 is 0.885 bits per heavy atom. The maximum Gasteiger partial charge on any atom is 0.217 e. The molecule has 1 amide bonds. The number of ether oxygens (including phenoxy) is 3. The summed E-state index contributed by atoms with van der Waals surface area (Å²) in [5.41, 5.74) is 5.13. The maximum atomic E-state index is 11.2. The number of primary amides is 1. The predicted octanol–water partition coefficient (Wildman–Crippen LogP) is -5.27. The Labute approximate surface area is 148 Å². The van der Waals surface area contributed by atoms with Crippen LogP contribution in [0, 0.1) is 5.92 Å². The van der Waals surface area contributed by atoms with Crippen LogP contribution in [0.15, 0.2) is 0 Å². The molecule has 12 heteroatoms. The summed E-state index contributed by atoms with van der Waals surface area (Å²) in [4.78, 5) is 11.2. The van der Waals surface area contributed by atoms with Crippen molar-refractivity contribution in [1.29, 1.82) is 0 Å². The molecule has 2 heterocycles. The van der Waals surface area contributed by atoms with Gasteiger partial charge >= 0.3 is 0 Å². The number of hydrogen-bond acceptors (Lipinski definition) is 11. The van der Waals surface area contributed by atoms with Crippen molar-refractivity contribution < 1.29 is 54.8 Å². The molecule has 0 spiro atoms. The molecule has 2 aliphatic rings. The highest BCUT2D eigenvalue weighted by Crippen LogP contribution is 2.33. The van der Waals surface area contributed by atoms with Crippen LogP contribution in [-0.4, -0.2) is 110 Å². The van der Waals surface area contributed by atoms with Crippen LogP contribution >= 0.6 is 0 Å². The van der Waals surface area contributed by atoms with Gasteiger partial charge in [0.25, 0.3) is 0 Å². The summed E-state index contributed by atoms with van der Waals surface area (Å²) < 4.78 is 15.7. The van der Waals surface area contributed by atoms with Crippen molar-refractivity contribution in [3.63, 3.8) is 0 Å². The van der Waals surface area contributed by atoms with Crippen molar-refractivity contribution in [1.82, 2.24) is 0 Å². The summed E-state index contributed by atoms with van der Waals surface area (Å²) in [6, 6.07) is 0. The van der Waals surface area contributed by atoms with Crippen LogP contribution in [0.5, 0.6) is 0 Å². The van der Waals surface area contributed by atoms with Crippen LogP contribution in [0.2, 0.25) is 0 Å². The highest BCUT2D eigenvalue weighted by atomic mass is 16.7. The Morgan fingerprint density at radius 3 is 2.00 bits per heavy atom. The lowest BCUT2D eigenvalue weighted by Gasteiger charge is -2.46. The Morgan fingerprint density at radius 2 is 1.46 bits per heavy atom. The zero-order chi connectivity index (χ0) is 19.6. The second-order valence-corrected chi connectivity index (χ2v) is 6.37. The standard InChI is InChI=1S/C14H25NO11/c15-7(18)1-4-12(9(20)6(3-17)24-13(4)23)26-14-11(22)10(21)8(19)5(2-16)25-14/h4-6,8-14,16-17,19-23H,1-3H2,(H2,15,18)/t4-,5+,6+,8-,9-,10-,11+,12+,13-,14-/m0/s1. The van der Waals surface area contributed by atoms with E-state index >= 15 is 0 Å². The number of aliphatic hydroxyl groups excluding tert-OH is 7. The van der Waals surface area contributed by atoms with Crippen LogP contribution in [0.1, 0.15) is 6.42 Å². The maximum absolute atomic E-state index is 11.2. The van der Waals surface area contributed by atoms with Crippen molar-refractivity contribution in [3.05, 3.63) is 0 Å². The molecule has 26 heavy (non-hydrogen) atoms. The van der Waals surface area contributed by atoms with Gasteiger partial charge in [0.2, 0.25) is 5.91 Å². The Kier molecular flexibility index (Phi) is 7.27. The quantitative estimate of drug-likeness (QED) is 0.217. The summed E-state index contributed by atoms with van der Waals surface area (Å²) in [5.74, 6) is -1.98. The molecular weight excluding hydrogens is 358 g/mol. The Hall–Kier alpha value is -0.930. The third kappa shape index (κ3) is 4.31. The van der Waals surface area contributed by atoms with Gasteiger partial charge in [-0.15, -0.1) is 0 Å². The van der Waals surface area contributed by atoms with Crippen molar-refractivity contribution in [2.24, 2.45) is 11.7 Å². The molecule has 10 atom stereocenters. The van der Waals surface area contributed by atoms with E-state index in [1.165, 1.54) is 0 Å². The van der Waals surface area contributed by atoms with E-state index in [0.29, 0.717) is 0 Å². The third-order valence-corrected chi connectivity index (χ3v) is 4.58. The fourth-order valence-corrected chi connectivity index (χ4v) is 3.10. The Balaban J connectivity index is 2.21. The molecule has 0 bridgehead atoms. The first-order valence-corrected chi connectivity index (χ1v) is 8.08. The highest BCUT2D eigenvalue weighted by molar-refractivity contribution is 5.74. The zero-order valence-electron chi connectivity index (χ0n) is 13.7. The molecule has 0 unspecified atom stereocenters. The van der Waals surface area contributed by atoms with Crippen molar-refractivity contribution in [3.8, 4) is 0 Å². The smallest absolute Gasteiger partial charge is 0.217 e. The van der Waals surface area contributed by atoms with Gasteiger partial charge in [-0.3, -0.25) is 4.79 Å². The summed E-state index contributed by atoms with van der Waals surface area (Å²) >= 11 is 0. The number of carbonyl (C=O) groups is 1. The molecule has 2 saturated heterocycles. The molecule has 0 aromatic heterocycles. The number of rotatable bonds is 6. The first-order chi connectivity index (χ1) is 12.2. The molecular formula is C14H25NO11. The van der Waals surface area contributed by atoms with Gasteiger partial charge in [0.1, 0.15) is 36.6 Å². The van der Waals surface area contributed by atoms with E-state index in [9.17, 15) is 40.5 Å². The number of aliphatic hydroxyl groups is 7. The number of nitrogens with two attached hydrogens (primary N) is 1. The summed E-state index contributed by atoms with van der Waals surface area (Å²) in [7, 11) is 0. The fourth-order valence-electron chi connectivity index (χ4n) is 3.10. The van der Waals surface area contributed by atoms with E-state index in [1.54, 1.807) is 0 Å². The lowest BCUT2D eigenvalue weighted by molar-refractivity contribution is -0.349. The molecule has 0 saturated carbocycles. The second-order valence-electron chi connectivity index (χ2n) is 6.37. The first kappa shape index (κ1) is 21.4. The molecule has 2 fully saturated rings. The summed E-state index contributed by atoms with van der Waals surface area (Å²) in [5, 5.41) is 68.4. The number of amides is 1. The van der Waals surface area contributed by atoms with Crippen molar-refractivity contribution in [2.75, 3.05) is 13.2 Å². The molecule has 0 aliphatic carbocycles. The number of hydrogen-bond donors (Lipinski definition) is 8. The highest BCUT2D eigenvalue weighted by Gasteiger charge is 2.50. The Bertz CT molecular complexity index is 478. The van der Waals surface area contributed by atoms with E-state index in [4.69, 9.17) is 19.9 Å². The minimum atomic E-state index is -1.75. The molecule has 2 rings (SSSR count). The van der Waals surface area contributed by atoms with E-state index in [0.717, 1.165) is 0 Å². The molecule has 0 aromatic carbocycles. The average Bonchev–Trinajstić information content (AvgIpc) is 2.60. The molecule has 0 radical (unpaired) electrons. The first-order valence-electron chi connectivity index (χ1n) is 8.08. The van der Waals surface area contributed by atoms with Gasteiger partial charge in [0, 0.05) is 12.3 Å². The monoisotopic (exact) mass is 383 g/mol. The van der Waals surface area contributed by atoms with Gasteiger partial charge in [-0.25, -0.2) is 0 Å². The lowest BCUT2D eigenvalue weighted by Crippen LogP contribution is -2.63. The van der Waals surface area contributed by atoms with Gasteiger partial charge in [-0.1, -0.05) is 0 Å². The topological polar surface area (TPSA) is 212 Å². The molecule has 152 valence electrons. The van der Waals surface area contributed by atoms with E-state index < -0.39 is 86.8 Å². The third-order valence-electron chi connectivity index (χ3n) is 4.58. The largest absolute Gasteiger partial charge is 0.394 e. The van der Waals surface area contributed by atoms with Crippen LogP contribution < -0.4 is 5.73 Å². The lowest BCUT2D eigenvalue weighted by atomic mass is 9.87. The van der Waals surface area contributed by atoms with Crippen LogP contribution in [0.4, 0.5) is 0 Å². The minimum Gasteiger partial charge on any atom is -0.394 e. The van der Waals surface area contributed by atoms with E-state index in [2.05, 4.69) is 0 Å². The predicted molar refractivity (Wildman–Crippen MR) is 79.9 cm³/mol. The van der Waals surface area contributed by atoms with Crippen molar-refractivity contribution >= 4 is 5.91 Å². The summed E-state index contributed by atoms with van der Waals surface area (Å²) in [6.07, 6.45) is -14.1. The van der Waals surface area contributed by atoms with Gasteiger partial charge in [-0.2, -0.15) is 0 Å². The molecule has 2 aliphatic heterocycles. The second kappa shape index (κ2) is 8.84. The van der Waals surface area contributed by atoms with E-state index in [-0.39, 0.29) is 0 Å². The minimum absolute atomic E-state index is 0.446. The van der Waals surface area contributed by atoms with Crippen LogP contribution in [0.3, 0.4) is 0 Å². The van der Waals surface area contributed by atoms with E-state index in [1.807, 2.05) is 0 Å². The molecule has 9 N–H and O–H groups in total. The molecule has 12 nitrogen and oxygen atoms in total. The zero-order valence-corrected chi connectivity index (χ0v) is 13.7. The van der Waals surface area contributed by atoms with Crippen molar-refractivity contribution in [2.45, 2.75) is 61.7 Å². The van der Waals surface area contributed by atoms with Gasteiger partial charge in [0.05, 0.1) is 19.3 Å². The van der Waals surface area contributed by atoms with Gasteiger partial charge < -0.3 is 55.7 Å². The SMILES string of the molecule is NC(=O)C[C@H]1[C@@H](O[C@@H]2O[C@H](CO)[C@H](O)[C@H](O)[C@H]2O)[C@@H](O)[C@@H](CO)O[C@@H]1O. The summed E-state index contributed by atoms with van der Waals surface area (Å²) in [6.45, 7) is -1.36. The van der Waals surface area contributed by atoms with Gasteiger partial charge in [-0.05, 0) is 0 Å². The average molecular weight is 383 g/mol. The van der Waals surface area contributed by atoms with Crippen LogP contribution in [0.25, 0.3) is 0 Å². The number of carbonyl (C=O) groups excluding carboxylic acids is 1. The normalized spacial score (nSPS) is 46.9. The van der Waals surface area contributed by atoms with Crippen LogP contribution in [-0.2, 0) is 19.0 Å². The molecule has 0 aromatic rings. The van der Waals surface area contributed by atoms with Gasteiger partial charge in [0.15, 0.2) is 12.6 Å². The fraction of sp³-hybridized carbons (Fsp3) is 0.929.